The van der Waals surface area contributed by atoms with Crippen LogP contribution >= 0.6 is 0 Å². The van der Waals surface area contributed by atoms with Gasteiger partial charge in [-0.25, -0.2) is 4.98 Å². The summed E-state index contributed by atoms with van der Waals surface area (Å²) in [4.78, 5) is 10.3. The monoisotopic (exact) mass is 367 g/mol. The highest BCUT2D eigenvalue weighted by Gasteiger charge is 2.23. The minimum Gasteiger partial charge on any atom is -0.493 e. The summed E-state index contributed by atoms with van der Waals surface area (Å²) in [6.45, 7) is 8.94. The molecule has 0 amide bonds. The number of nitrogens with zero attached hydrogens (tertiary/aromatic N) is 2. The third kappa shape index (κ3) is 4.42. The van der Waals surface area contributed by atoms with Crippen LogP contribution in [0.5, 0.6) is 11.5 Å². The van der Waals surface area contributed by atoms with Gasteiger partial charge in [0.1, 0.15) is 12.3 Å². The predicted molar refractivity (Wildman–Crippen MR) is 110 cm³/mol. The third-order valence-corrected chi connectivity index (χ3v) is 4.66. The van der Waals surface area contributed by atoms with Crippen LogP contribution in [0.4, 0.5) is 0 Å². The van der Waals surface area contributed by atoms with Gasteiger partial charge in [-0.1, -0.05) is 32.9 Å². The first kappa shape index (κ1) is 19.2. The Bertz CT molecular complexity index is 896. The maximum absolute atomic E-state index is 5.92. The molecule has 0 atom stereocenters. The van der Waals surface area contributed by atoms with E-state index in [-0.39, 0.29) is 5.41 Å². The lowest BCUT2D eigenvalue weighted by Crippen LogP contribution is -2.25. The molecule has 2 heterocycles. The van der Waals surface area contributed by atoms with E-state index in [1.807, 2.05) is 36.5 Å². The van der Waals surface area contributed by atoms with Crippen LogP contribution in [0, 0.1) is 0 Å². The number of methoxy groups -OCH3 is 1. The number of rotatable bonds is 7. The van der Waals surface area contributed by atoms with Crippen molar-refractivity contribution in [2.75, 3.05) is 27.3 Å². The number of nitrogens with one attached hydrogen (secondary N) is 1. The molecular formula is C22H29N3O2. The van der Waals surface area contributed by atoms with E-state index in [2.05, 4.69) is 48.8 Å². The Morgan fingerprint density at radius 1 is 1.07 bits per heavy atom. The summed E-state index contributed by atoms with van der Waals surface area (Å²) in [7, 11) is 3.78. The van der Waals surface area contributed by atoms with Crippen molar-refractivity contribution in [2.24, 2.45) is 0 Å². The van der Waals surface area contributed by atoms with Gasteiger partial charge < -0.3 is 14.5 Å². The number of pyridine rings is 1. The third-order valence-electron chi connectivity index (χ3n) is 4.66. The second-order valence-corrected chi connectivity index (χ2v) is 7.87. The Morgan fingerprint density at radius 3 is 2.52 bits per heavy atom. The van der Waals surface area contributed by atoms with E-state index in [0.717, 1.165) is 30.2 Å². The number of benzene rings is 1. The highest BCUT2D eigenvalue weighted by atomic mass is 16.5. The molecule has 0 saturated heterocycles. The van der Waals surface area contributed by atoms with Crippen LogP contribution in [0.1, 0.15) is 32.0 Å². The highest BCUT2D eigenvalue weighted by Crippen LogP contribution is 2.31. The Balaban J connectivity index is 1.70. The summed E-state index contributed by atoms with van der Waals surface area (Å²) in [5.74, 6) is 1.54. The maximum Gasteiger partial charge on any atom is 0.161 e. The van der Waals surface area contributed by atoms with Crippen LogP contribution in [0.25, 0.3) is 11.0 Å². The van der Waals surface area contributed by atoms with Crippen LogP contribution in [-0.2, 0) is 12.0 Å². The van der Waals surface area contributed by atoms with Gasteiger partial charge >= 0.3 is 0 Å². The molecule has 27 heavy (non-hydrogen) atoms. The van der Waals surface area contributed by atoms with Crippen molar-refractivity contribution in [3.05, 3.63) is 53.9 Å². The lowest BCUT2D eigenvalue weighted by atomic mass is 9.89. The molecule has 1 aromatic carbocycles. The van der Waals surface area contributed by atoms with E-state index in [1.54, 1.807) is 7.11 Å². The van der Waals surface area contributed by atoms with Crippen molar-refractivity contribution in [3.8, 4) is 11.5 Å². The van der Waals surface area contributed by atoms with Gasteiger partial charge in [0.15, 0.2) is 11.5 Å². The predicted octanol–water partition coefficient (Wildman–Crippen LogP) is 4.38. The van der Waals surface area contributed by atoms with Crippen molar-refractivity contribution in [1.29, 1.82) is 0 Å². The summed E-state index contributed by atoms with van der Waals surface area (Å²) in [5, 5.41) is 1.19. The molecule has 0 fully saturated rings. The zero-order chi connectivity index (χ0) is 19.4. The molecule has 1 N–H and O–H groups in total. The van der Waals surface area contributed by atoms with Crippen molar-refractivity contribution in [3.63, 3.8) is 0 Å². The molecule has 0 aliphatic carbocycles. The Labute approximate surface area is 161 Å². The number of aromatic amines is 1. The van der Waals surface area contributed by atoms with Gasteiger partial charge in [0.2, 0.25) is 0 Å². The quantitative estimate of drug-likeness (QED) is 0.673. The molecule has 0 unspecified atom stereocenters. The zero-order valence-electron chi connectivity index (χ0n) is 16.9. The summed E-state index contributed by atoms with van der Waals surface area (Å²) in [5.41, 5.74) is 3.54. The molecule has 2 aromatic heterocycles. The fraction of sp³-hybridized carbons (Fsp3) is 0.409. The SMILES string of the molecule is COc1ccccc1OCCN(C)Cc1c(C(C)(C)C)[nH]c2ncccc12. The number of H-pyrrole nitrogens is 1. The lowest BCUT2D eigenvalue weighted by Gasteiger charge is -2.23. The highest BCUT2D eigenvalue weighted by molar-refractivity contribution is 5.81. The lowest BCUT2D eigenvalue weighted by molar-refractivity contribution is 0.226. The molecular weight excluding hydrogens is 338 g/mol. The average Bonchev–Trinajstić information content (AvgIpc) is 3.01. The number of fused-ring (bicyclic) bond motifs is 1. The number of aromatic nitrogens is 2. The van der Waals surface area contributed by atoms with Crippen LogP contribution in [0.2, 0.25) is 0 Å². The molecule has 3 aromatic rings. The van der Waals surface area contributed by atoms with E-state index in [9.17, 15) is 0 Å². The summed E-state index contributed by atoms with van der Waals surface area (Å²) >= 11 is 0. The Hall–Kier alpha value is -2.53. The van der Waals surface area contributed by atoms with Crippen LogP contribution in [0.3, 0.4) is 0 Å². The smallest absolute Gasteiger partial charge is 0.161 e. The van der Waals surface area contributed by atoms with Crippen LogP contribution in [0.15, 0.2) is 42.6 Å². The van der Waals surface area contributed by atoms with Gasteiger partial charge in [-0.15, -0.1) is 0 Å². The van der Waals surface area contributed by atoms with E-state index in [0.29, 0.717) is 6.61 Å². The summed E-state index contributed by atoms with van der Waals surface area (Å²) < 4.78 is 11.3. The molecule has 0 saturated carbocycles. The fourth-order valence-electron chi connectivity index (χ4n) is 3.28. The fourth-order valence-corrected chi connectivity index (χ4v) is 3.28. The van der Waals surface area contributed by atoms with E-state index in [1.165, 1.54) is 16.6 Å². The summed E-state index contributed by atoms with van der Waals surface area (Å²) in [6.07, 6.45) is 1.83. The Kier molecular flexibility index (Phi) is 5.71. The number of hydrogen-bond donors (Lipinski definition) is 1. The minimum absolute atomic E-state index is 0.0325. The molecule has 144 valence electrons. The van der Waals surface area contributed by atoms with Gasteiger partial charge in [-0.05, 0) is 36.9 Å². The van der Waals surface area contributed by atoms with Crippen molar-refractivity contribution in [2.45, 2.75) is 32.7 Å². The average molecular weight is 367 g/mol. The normalized spacial score (nSPS) is 11.9. The molecule has 3 rings (SSSR count). The minimum atomic E-state index is 0.0325. The molecule has 0 aliphatic rings. The van der Waals surface area contributed by atoms with Gasteiger partial charge in [0.25, 0.3) is 0 Å². The van der Waals surface area contributed by atoms with E-state index in [4.69, 9.17) is 9.47 Å². The standard InChI is InChI=1S/C22H29N3O2/c1-22(2,3)20-17(16-9-8-12-23-21(16)24-20)15-25(4)13-14-27-19-11-7-6-10-18(19)26-5/h6-12H,13-15H2,1-5H3,(H,23,24). The van der Waals surface area contributed by atoms with Gasteiger partial charge in [0, 0.05) is 35.8 Å². The van der Waals surface area contributed by atoms with Gasteiger partial charge in [0.05, 0.1) is 7.11 Å². The largest absolute Gasteiger partial charge is 0.493 e. The first-order chi connectivity index (χ1) is 12.9. The van der Waals surface area contributed by atoms with E-state index >= 15 is 0 Å². The number of para-hydroxylation sites is 2. The van der Waals surface area contributed by atoms with Gasteiger partial charge in [-0.2, -0.15) is 0 Å². The topological polar surface area (TPSA) is 50.4 Å². The van der Waals surface area contributed by atoms with Crippen molar-refractivity contribution >= 4 is 11.0 Å². The second kappa shape index (κ2) is 8.01. The van der Waals surface area contributed by atoms with Crippen LogP contribution in [-0.4, -0.2) is 42.2 Å². The first-order valence-electron chi connectivity index (χ1n) is 9.30. The molecule has 5 heteroatoms. The number of hydrogen-bond acceptors (Lipinski definition) is 4. The second-order valence-electron chi connectivity index (χ2n) is 7.87. The van der Waals surface area contributed by atoms with Gasteiger partial charge in [-0.3, -0.25) is 4.90 Å². The summed E-state index contributed by atoms with van der Waals surface area (Å²) in [6, 6.07) is 11.9. The molecule has 5 nitrogen and oxygen atoms in total. The first-order valence-corrected chi connectivity index (χ1v) is 9.30. The maximum atomic E-state index is 5.92. The van der Waals surface area contributed by atoms with E-state index < -0.39 is 0 Å². The number of likely N-dealkylation sites (N-methyl/N-ethyl adjacent to an activating group) is 1. The van der Waals surface area contributed by atoms with Crippen LogP contribution < -0.4 is 9.47 Å². The molecule has 0 radical (unpaired) electrons. The van der Waals surface area contributed by atoms with Crippen molar-refractivity contribution < 1.29 is 9.47 Å². The number of ether oxygens (including phenoxy) is 2. The van der Waals surface area contributed by atoms with Crippen molar-refractivity contribution in [1.82, 2.24) is 14.9 Å². The molecule has 0 spiro atoms. The Morgan fingerprint density at radius 2 is 1.81 bits per heavy atom. The molecule has 0 bridgehead atoms. The molecule has 0 aliphatic heterocycles. The zero-order valence-corrected chi connectivity index (χ0v) is 16.9.